The van der Waals surface area contributed by atoms with Gasteiger partial charge in [0.05, 0.1) is 5.69 Å². The van der Waals surface area contributed by atoms with Crippen molar-refractivity contribution in [2.75, 3.05) is 5.73 Å². The third-order valence-electron chi connectivity index (χ3n) is 3.47. The van der Waals surface area contributed by atoms with Crippen molar-refractivity contribution in [2.24, 2.45) is 4.99 Å². The van der Waals surface area contributed by atoms with Crippen LogP contribution in [0.5, 0.6) is 0 Å². The molecule has 4 N–H and O–H groups in total. The van der Waals surface area contributed by atoms with Gasteiger partial charge in [0.2, 0.25) is 0 Å². The Balaban J connectivity index is 2.57. The zero-order valence-corrected chi connectivity index (χ0v) is 16.4. The number of rotatable bonds is 6. The molecule has 2 aromatic carbocycles. The van der Waals surface area contributed by atoms with Gasteiger partial charge in [0.25, 0.3) is 20.2 Å². The topological polar surface area (TPSA) is 147 Å². The zero-order valence-electron chi connectivity index (χ0n) is 14.8. The van der Waals surface area contributed by atoms with Gasteiger partial charge >= 0.3 is 0 Å². The molecule has 0 bridgehead atoms. The van der Waals surface area contributed by atoms with Crippen LogP contribution >= 0.6 is 0 Å². The quantitative estimate of drug-likeness (QED) is 0.280. The number of nitrogens with two attached hydrogens (primary N) is 1. The maximum atomic E-state index is 11.7. The van der Waals surface area contributed by atoms with Gasteiger partial charge in [0.15, 0.2) is 0 Å². The van der Waals surface area contributed by atoms with E-state index in [0.717, 1.165) is 6.07 Å². The fraction of sp³-hybridized carbons (Fsp3) is 0.0556. The van der Waals surface area contributed by atoms with Crippen molar-refractivity contribution in [1.82, 2.24) is 0 Å². The van der Waals surface area contributed by atoms with Crippen molar-refractivity contribution in [1.29, 1.82) is 0 Å². The second kappa shape index (κ2) is 8.07. The van der Waals surface area contributed by atoms with E-state index in [-0.39, 0.29) is 22.5 Å². The summed E-state index contributed by atoms with van der Waals surface area (Å²) in [6.45, 7) is 5.36. The van der Waals surface area contributed by atoms with E-state index in [1.54, 1.807) is 6.92 Å². The van der Waals surface area contributed by atoms with Crippen LogP contribution in [0.2, 0.25) is 0 Å². The zero-order chi connectivity index (χ0) is 21.1. The van der Waals surface area contributed by atoms with Crippen LogP contribution in [-0.4, -0.2) is 32.2 Å². The summed E-state index contributed by atoms with van der Waals surface area (Å²) in [5, 5.41) is 0. The van der Waals surface area contributed by atoms with E-state index >= 15 is 0 Å². The van der Waals surface area contributed by atoms with Gasteiger partial charge in [-0.05, 0) is 47.9 Å². The van der Waals surface area contributed by atoms with Crippen molar-refractivity contribution < 1.29 is 25.9 Å². The molecule has 10 heteroatoms. The molecule has 0 atom stereocenters. The Morgan fingerprint density at radius 1 is 0.964 bits per heavy atom. The minimum absolute atomic E-state index is 0.0855. The van der Waals surface area contributed by atoms with Crippen LogP contribution in [0.3, 0.4) is 0 Å². The van der Waals surface area contributed by atoms with Crippen molar-refractivity contribution in [3.8, 4) is 0 Å². The predicted octanol–water partition coefficient (Wildman–Crippen LogP) is 3.21. The lowest BCUT2D eigenvalue weighted by molar-refractivity contribution is 0.480. The molecule has 0 aliphatic heterocycles. The lowest BCUT2D eigenvalue weighted by atomic mass is 10.1. The fourth-order valence-corrected chi connectivity index (χ4v) is 3.66. The van der Waals surface area contributed by atoms with Gasteiger partial charge in [-0.3, -0.25) is 14.1 Å². The lowest BCUT2D eigenvalue weighted by Gasteiger charge is -2.06. The largest absolute Gasteiger partial charge is 0.399 e. The van der Waals surface area contributed by atoms with Crippen LogP contribution in [-0.2, 0) is 20.2 Å². The first-order chi connectivity index (χ1) is 12.9. The smallest absolute Gasteiger partial charge is 0.295 e. The van der Waals surface area contributed by atoms with Crippen LogP contribution in [0.1, 0.15) is 18.1 Å². The first-order valence-corrected chi connectivity index (χ1v) is 10.6. The van der Waals surface area contributed by atoms with E-state index in [1.165, 1.54) is 48.7 Å². The molecule has 0 aliphatic rings. The van der Waals surface area contributed by atoms with Gasteiger partial charge < -0.3 is 5.73 Å². The molecule has 8 nitrogen and oxygen atoms in total. The van der Waals surface area contributed by atoms with Crippen molar-refractivity contribution in [3.63, 3.8) is 0 Å². The van der Waals surface area contributed by atoms with Crippen LogP contribution in [0.25, 0.3) is 12.2 Å². The van der Waals surface area contributed by atoms with Crippen LogP contribution < -0.4 is 5.73 Å². The Labute approximate surface area is 163 Å². The highest BCUT2D eigenvalue weighted by molar-refractivity contribution is 7.86. The summed E-state index contributed by atoms with van der Waals surface area (Å²) in [7, 11) is -9.13. The minimum atomic E-state index is -4.58. The Bertz CT molecular complexity index is 1200. The third kappa shape index (κ3) is 5.60. The van der Waals surface area contributed by atoms with Gasteiger partial charge in [-0.15, -0.1) is 0 Å². The second-order valence-electron chi connectivity index (χ2n) is 5.91. The predicted molar refractivity (Wildman–Crippen MR) is 109 cm³/mol. The Morgan fingerprint density at radius 3 is 1.96 bits per heavy atom. The summed E-state index contributed by atoms with van der Waals surface area (Å²) in [5.74, 6) is 0. The van der Waals surface area contributed by atoms with Crippen LogP contribution in [0, 0.1) is 0 Å². The van der Waals surface area contributed by atoms with Crippen LogP contribution in [0.15, 0.2) is 63.3 Å². The molecule has 148 valence electrons. The lowest BCUT2D eigenvalue weighted by Crippen LogP contribution is -2.02. The molecular weight excluding hydrogens is 404 g/mol. The molecule has 0 amide bonds. The van der Waals surface area contributed by atoms with Crippen molar-refractivity contribution >= 4 is 50.0 Å². The summed E-state index contributed by atoms with van der Waals surface area (Å²) in [6, 6.07) is 7.94. The average molecular weight is 422 g/mol. The number of allylic oxidation sites excluding steroid dienone is 1. The van der Waals surface area contributed by atoms with Gasteiger partial charge in [0, 0.05) is 11.9 Å². The molecule has 0 saturated carbocycles. The summed E-state index contributed by atoms with van der Waals surface area (Å²) in [6.07, 6.45) is 4.00. The van der Waals surface area contributed by atoms with Gasteiger partial charge in [0.1, 0.15) is 9.79 Å². The molecule has 2 rings (SSSR count). The highest BCUT2D eigenvalue weighted by Gasteiger charge is 2.17. The standard InChI is InChI=1S/C18H18N2O6S2/c1-12(2)11-20-16-8-6-14(18(10-16)28(24,25)26)4-3-13-5-7-15(19)9-17(13)27(21,22)23/h3-11H,1,19H2,2H3,(H,21,22,23)(H,24,25,26)/b4-3+,20-11?. The van der Waals surface area contributed by atoms with E-state index in [2.05, 4.69) is 11.6 Å². The molecule has 0 saturated heterocycles. The molecule has 28 heavy (non-hydrogen) atoms. The summed E-state index contributed by atoms with van der Waals surface area (Å²) < 4.78 is 65.3. The van der Waals surface area contributed by atoms with Crippen molar-refractivity contribution in [2.45, 2.75) is 16.7 Å². The molecule has 0 unspecified atom stereocenters. The Kier molecular flexibility index (Phi) is 6.20. The molecule has 0 spiro atoms. The number of nitrogens with zero attached hydrogens (tertiary/aromatic N) is 1. The SMILES string of the molecule is C=C(C)C=Nc1ccc(/C=C/c2ccc(N)cc2S(=O)(=O)O)c(S(=O)(=O)O)c1. The van der Waals surface area contributed by atoms with Gasteiger partial charge in [-0.2, -0.15) is 16.8 Å². The molecule has 0 aliphatic carbocycles. The van der Waals surface area contributed by atoms with E-state index in [4.69, 9.17) is 5.73 Å². The molecule has 2 aromatic rings. The number of hydrogen-bond acceptors (Lipinski definition) is 6. The van der Waals surface area contributed by atoms with E-state index in [9.17, 15) is 25.9 Å². The van der Waals surface area contributed by atoms with Crippen molar-refractivity contribution in [3.05, 3.63) is 59.7 Å². The number of benzene rings is 2. The molecular formula is C18H18N2O6S2. The third-order valence-corrected chi connectivity index (χ3v) is 5.29. The fourth-order valence-electron chi connectivity index (χ4n) is 2.24. The number of anilines is 1. The Hall–Kier alpha value is -2.79. The molecule has 0 radical (unpaired) electrons. The summed E-state index contributed by atoms with van der Waals surface area (Å²) in [4.78, 5) is 3.20. The van der Waals surface area contributed by atoms with E-state index < -0.39 is 30.0 Å². The Morgan fingerprint density at radius 2 is 1.46 bits per heavy atom. The highest BCUT2D eigenvalue weighted by atomic mass is 32.2. The minimum Gasteiger partial charge on any atom is -0.399 e. The highest BCUT2D eigenvalue weighted by Crippen LogP contribution is 2.26. The average Bonchev–Trinajstić information content (AvgIpc) is 2.57. The molecule has 0 aromatic heterocycles. The second-order valence-corrected chi connectivity index (χ2v) is 8.69. The number of nitrogen functional groups attached to an aromatic ring is 1. The first kappa shape index (κ1) is 21.5. The van der Waals surface area contributed by atoms with Crippen LogP contribution in [0.4, 0.5) is 11.4 Å². The number of hydrogen-bond donors (Lipinski definition) is 3. The molecule has 0 fully saturated rings. The maximum Gasteiger partial charge on any atom is 0.295 e. The summed E-state index contributed by atoms with van der Waals surface area (Å²) in [5.41, 5.74) is 6.78. The number of aliphatic imine (C=N–C) groups is 1. The van der Waals surface area contributed by atoms with E-state index in [1.807, 2.05) is 0 Å². The molecule has 0 heterocycles. The van der Waals surface area contributed by atoms with E-state index in [0.29, 0.717) is 5.57 Å². The monoisotopic (exact) mass is 422 g/mol. The maximum absolute atomic E-state index is 11.7. The summed E-state index contributed by atoms with van der Waals surface area (Å²) >= 11 is 0. The van der Waals surface area contributed by atoms with Gasteiger partial charge in [-0.25, -0.2) is 0 Å². The normalized spacial score (nSPS) is 12.7. The first-order valence-electron chi connectivity index (χ1n) is 7.74. The van der Waals surface area contributed by atoms with Gasteiger partial charge in [-0.1, -0.05) is 30.9 Å².